The van der Waals surface area contributed by atoms with Crippen molar-refractivity contribution in [3.63, 3.8) is 0 Å². The van der Waals surface area contributed by atoms with Crippen LogP contribution in [0.5, 0.6) is 0 Å². The van der Waals surface area contributed by atoms with E-state index in [0.717, 1.165) is 22.2 Å². The van der Waals surface area contributed by atoms with Gasteiger partial charge in [0.05, 0.1) is 0 Å². The number of allylic oxidation sites excluding steroid dienone is 8. The molecule has 0 bridgehead atoms. The molecule has 0 N–H and O–H groups in total. The Hall–Kier alpha value is -0.646. The Morgan fingerprint density at radius 1 is 0.481 bits per heavy atom. The van der Waals surface area contributed by atoms with Crippen molar-refractivity contribution in [2.75, 3.05) is 0 Å². The predicted molar refractivity (Wildman–Crippen MR) is 122 cm³/mol. The summed E-state index contributed by atoms with van der Waals surface area (Å²) in [7, 11) is -2.55. The van der Waals surface area contributed by atoms with Crippen LogP contribution in [-0.4, -0.2) is 18.1 Å². The van der Waals surface area contributed by atoms with Crippen LogP contribution in [0.3, 0.4) is 0 Å². The molecule has 1 nitrogen and oxygen atoms in total. The standard InChI is InChI=1S/C24H38OSi2/c1-5-13-21(14-6-1)26(22-15-7-2-8-16-22)25-27(23-17-9-3-10-18-23)24-19-11-4-12-20-24/h5,7,9,11,13,15,17,19,21-24,26-27H,1-4,6,8,10,12,14,16,18,20H2. The van der Waals surface area contributed by atoms with Crippen molar-refractivity contribution in [2.24, 2.45) is 0 Å². The van der Waals surface area contributed by atoms with E-state index in [1.165, 1.54) is 77.0 Å². The van der Waals surface area contributed by atoms with Gasteiger partial charge in [0.2, 0.25) is 0 Å². The third kappa shape index (κ3) is 5.24. The van der Waals surface area contributed by atoms with Crippen molar-refractivity contribution in [1.82, 2.24) is 0 Å². The molecule has 4 atom stereocenters. The largest absolute Gasteiger partial charge is 0.458 e. The Morgan fingerprint density at radius 2 is 0.778 bits per heavy atom. The highest BCUT2D eigenvalue weighted by Gasteiger charge is 2.38. The summed E-state index contributed by atoms with van der Waals surface area (Å²) in [5, 5.41) is 0. The Kier molecular flexibility index (Phi) is 7.44. The quantitative estimate of drug-likeness (QED) is 0.349. The Morgan fingerprint density at radius 3 is 1.00 bits per heavy atom. The second kappa shape index (κ2) is 10.2. The molecule has 27 heavy (non-hydrogen) atoms. The summed E-state index contributed by atoms with van der Waals surface area (Å²) < 4.78 is 7.48. The smallest absolute Gasteiger partial charge is 0.176 e. The average Bonchev–Trinajstić information content (AvgIpc) is 2.77. The minimum atomic E-state index is -1.28. The van der Waals surface area contributed by atoms with Gasteiger partial charge in [-0.25, -0.2) is 0 Å². The van der Waals surface area contributed by atoms with Crippen LogP contribution in [0.25, 0.3) is 0 Å². The maximum atomic E-state index is 7.48. The zero-order valence-corrected chi connectivity index (χ0v) is 19.3. The summed E-state index contributed by atoms with van der Waals surface area (Å²) in [5.41, 5.74) is 3.12. The molecule has 4 aliphatic rings. The van der Waals surface area contributed by atoms with Gasteiger partial charge in [-0.3, -0.25) is 0 Å². The van der Waals surface area contributed by atoms with Crippen LogP contribution in [0, 0.1) is 0 Å². The van der Waals surface area contributed by atoms with Crippen molar-refractivity contribution in [3.05, 3.63) is 48.6 Å². The van der Waals surface area contributed by atoms with Gasteiger partial charge in [-0.05, 0) is 99.2 Å². The first-order chi connectivity index (χ1) is 13.4. The first-order valence-electron chi connectivity index (χ1n) is 11.7. The van der Waals surface area contributed by atoms with E-state index in [1.807, 2.05) is 0 Å². The van der Waals surface area contributed by atoms with E-state index in [2.05, 4.69) is 48.6 Å². The molecule has 0 saturated carbocycles. The molecule has 4 unspecified atom stereocenters. The minimum Gasteiger partial charge on any atom is -0.458 e. The highest BCUT2D eigenvalue weighted by atomic mass is 28.4. The molecule has 0 aromatic heterocycles. The van der Waals surface area contributed by atoms with Gasteiger partial charge in [0.15, 0.2) is 18.1 Å². The van der Waals surface area contributed by atoms with E-state index < -0.39 is 18.1 Å². The first-order valence-corrected chi connectivity index (χ1v) is 15.3. The molecular formula is C24H38OSi2. The summed E-state index contributed by atoms with van der Waals surface area (Å²) >= 11 is 0. The lowest BCUT2D eigenvalue weighted by molar-refractivity contribution is 0.487. The fraction of sp³-hybridized carbons (Fsp3) is 0.667. The second-order valence-corrected chi connectivity index (χ2v) is 15.5. The fourth-order valence-electron chi connectivity index (χ4n) is 5.67. The van der Waals surface area contributed by atoms with Gasteiger partial charge in [0, 0.05) is 0 Å². The Labute approximate surface area is 170 Å². The van der Waals surface area contributed by atoms with E-state index >= 15 is 0 Å². The lowest BCUT2D eigenvalue weighted by Gasteiger charge is -2.40. The zero-order valence-electron chi connectivity index (χ0n) is 17.0. The van der Waals surface area contributed by atoms with Gasteiger partial charge >= 0.3 is 0 Å². The van der Waals surface area contributed by atoms with Crippen LogP contribution in [0.1, 0.15) is 77.0 Å². The predicted octanol–water partition coefficient (Wildman–Crippen LogP) is 6.89. The van der Waals surface area contributed by atoms with Crippen molar-refractivity contribution in [2.45, 2.75) is 99.2 Å². The molecule has 3 heteroatoms. The summed E-state index contributed by atoms with van der Waals surface area (Å²) in [6.07, 6.45) is 36.3. The highest BCUT2D eigenvalue weighted by molar-refractivity contribution is 6.70. The Balaban J connectivity index is 1.57. The van der Waals surface area contributed by atoms with E-state index in [9.17, 15) is 0 Å². The van der Waals surface area contributed by atoms with Crippen LogP contribution in [0.2, 0.25) is 22.2 Å². The first kappa shape index (κ1) is 19.7. The Bertz CT molecular complexity index is 481. The summed E-state index contributed by atoms with van der Waals surface area (Å²) in [6.45, 7) is 0. The summed E-state index contributed by atoms with van der Waals surface area (Å²) in [5.74, 6) is 0. The molecule has 4 rings (SSSR count). The van der Waals surface area contributed by atoms with Gasteiger partial charge in [0.25, 0.3) is 0 Å². The molecule has 0 spiro atoms. The lowest BCUT2D eigenvalue weighted by Crippen LogP contribution is -2.41. The zero-order chi connectivity index (χ0) is 18.3. The minimum absolute atomic E-state index is 0.779. The van der Waals surface area contributed by atoms with Gasteiger partial charge < -0.3 is 4.12 Å². The fourth-order valence-corrected chi connectivity index (χ4v) is 15.4. The molecule has 148 valence electrons. The van der Waals surface area contributed by atoms with Gasteiger partial charge in [-0.2, -0.15) is 0 Å². The van der Waals surface area contributed by atoms with Crippen LogP contribution in [0.4, 0.5) is 0 Å². The third-order valence-electron chi connectivity index (χ3n) is 7.17. The van der Waals surface area contributed by atoms with Crippen LogP contribution in [-0.2, 0) is 4.12 Å². The normalized spacial score (nSPS) is 35.9. The molecule has 0 aromatic carbocycles. The molecule has 4 aliphatic carbocycles. The highest BCUT2D eigenvalue weighted by Crippen LogP contribution is 2.42. The molecule has 0 fully saturated rings. The lowest BCUT2D eigenvalue weighted by atomic mass is 10.1. The molecule has 0 radical (unpaired) electrons. The third-order valence-corrected chi connectivity index (χ3v) is 15.3. The molecule has 0 aliphatic heterocycles. The molecule has 0 saturated heterocycles. The summed E-state index contributed by atoms with van der Waals surface area (Å²) in [4.78, 5) is 0. The average molecular weight is 399 g/mol. The molecule has 0 aromatic rings. The monoisotopic (exact) mass is 398 g/mol. The van der Waals surface area contributed by atoms with Crippen molar-refractivity contribution in [3.8, 4) is 0 Å². The van der Waals surface area contributed by atoms with Crippen LogP contribution < -0.4 is 0 Å². The van der Waals surface area contributed by atoms with Crippen molar-refractivity contribution < 1.29 is 4.12 Å². The maximum absolute atomic E-state index is 7.48. The van der Waals surface area contributed by atoms with E-state index in [0.29, 0.717) is 0 Å². The van der Waals surface area contributed by atoms with E-state index in [-0.39, 0.29) is 0 Å². The molecular weight excluding hydrogens is 360 g/mol. The van der Waals surface area contributed by atoms with Crippen molar-refractivity contribution in [1.29, 1.82) is 0 Å². The van der Waals surface area contributed by atoms with E-state index in [1.54, 1.807) is 0 Å². The second-order valence-electron chi connectivity index (χ2n) is 9.16. The van der Waals surface area contributed by atoms with Gasteiger partial charge in [0.1, 0.15) is 0 Å². The number of hydrogen-bond donors (Lipinski definition) is 0. The number of rotatable bonds is 6. The van der Waals surface area contributed by atoms with Gasteiger partial charge in [-0.15, -0.1) is 0 Å². The molecule has 0 heterocycles. The van der Waals surface area contributed by atoms with Gasteiger partial charge in [-0.1, -0.05) is 48.6 Å². The van der Waals surface area contributed by atoms with Crippen LogP contribution >= 0.6 is 0 Å². The van der Waals surface area contributed by atoms with Crippen molar-refractivity contribution >= 4 is 18.1 Å². The summed E-state index contributed by atoms with van der Waals surface area (Å²) in [6, 6.07) is 0. The maximum Gasteiger partial charge on any atom is 0.176 e. The SMILES string of the molecule is C1=CC([SiH](O[SiH](C2C=CCCC2)C2C=CCCC2)C2C=CCCC2)CCC1. The molecule has 0 amide bonds. The topological polar surface area (TPSA) is 9.23 Å². The van der Waals surface area contributed by atoms with Crippen LogP contribution in [0.15, 0.2) is 48.6 Å². The van der Waals surface area contributed by atoms with E-state index in [4.69, 9.17) is 4.12 Å². The number of hydrogen-bond acceptors (Lipinski definition) is 1.